The minimum atomic E-state index is -0.278. The van der Waals surface area contributed by atoms with Gasteiger partial charge in [0.15, 0.2) is 0 Å². The second-order valence-corrected chi connectivity index (χ2v) is 9.66. The number of rotatable bonds is 6. The molecule has 3 aromatic heterocycles. The van der Waals surface area contributed by atoms with Gasteiger partial charge in [0.25, 0.3) is 5.91 Å². The summed E-state index contributed by atoms with van der Waals surface area (Å²) in [6, 6.07) is 14.5. The van der Waals surface area contributed by atoms with E-state index < -0.39 is 0 Å². The van der Waals surface area contributed by atoms with E-state index in [-0.39, 0.29) is 23.8 Å². The van der Waals surface area contributed by atoms with Crippen LogP contribution in [0.4, 0.5) is 0 Å². The van der Waals surface area contributed by atoms with Crippen LogP contribution >= 0.6 is 23.2 Å². The number of nitrogens with zero attached hydrogens (tertiary/aromatic N) is 6. The normalized spacial score (nSPS) is 17.8. The van der Waals surface area contributed by atoms with Crippen LogP contribution in [0.25, 0.3) is 5.82 Å². The molecule has 1 aromatic carbocycles. The molecule has 3 unspecified atom stereocenters. The zero-order valence-electron chi connectivity index (χ0n) is 19.8. The molecule has 4 aromatic rings. The minimum Gasteiger partial charge on any atom is -0.474 e. The lowest BCUT2D eigenvalue weighted by atomic mass is 9.86. The highest BCUT2D eigenvalue weighted by Gasteiger charge is 2.40. The van der Waals surface area contributed by atoms with Crippen molar-refractivity contribution < 1.29 is 9.53 Å². The molecule has 186 valence electrons. The van der Waals surface area contributed by atoms with Gasteiger partial charge in [-0.3, -0.25) is 9.36 Å². The van der Waals surface area contributed by atoms with Gasteiger partial charge in [0.2, 0.25) is 5.88 Å². The number of carbonyl (C=O) groups excluding carboxylic acids is 1. The fourth-order valence-electron chi connectivity index (χ4n) is 4.60. The number of likely N-dealkylation sites (tertiary alicyclic amines) is 1. The number of hydrogen-bond acceptors (Lipinski definition) is 6. The van der Waals surface area contributed by atoms with Crippen LogP contribution < -0.4 is 4.74 Å². The fraction of sp³-hybridized carbons (Fsp3) is 0.222. The standard InChI is InChI=1S/C27H22Cl2N6O2/c1-17(37-26-7-2-18(11-30)12-33-26)21-14-35(15-22(21)19-3-5-23(28)24(29)10-19)27(36)20-4-6-25(32-13-20)34-9-8-31-16-34/h2-10,12-13,16-17,21-22H,14-15H2,1H3. The van der Waals surface area contributed by atoms with Crippen LogP contribution in [0.5, 0.6) is 5.88 Å². The molecule has 8 nitrogen and oxygen atoms in total. The predicted molar refractivity (Wildman–Crippen MR) is 139 cm³/mol. The summed E-state index contributed by atoms with van der Waals surface area (Å²) >= 11 is 12.5. The third-order valence-electron chi connectivity index (χ3n) is 6.56. The van der Waals surface area contributed by atoms with Crippen molar-refractivity contribution in [3.63, 3.8) is 0 Å². The van der Waals surface area contributed by atoms with Gasteiger partial charge < -0.3 is 9.64 Å². The zero-order chi connectivity index (χ0) is 25.9. The molecular formula is C27H22Cl2N6O2. The summed E-state index contributed by atoms with van der Waals surface area (Å²) in [5, 5.41) is 9.96. The van der Waals surface area contributed by atoms with E-state index in [1.807, 2.05) is 24.0 Å². The Bertz CT molecular complexity index is 1440. The summed E-state index contributed by atoms with van der Waals surface area (Å²) < 4.78 is 7.93. The van der Waals surface area contributed by atoms with Gasteiger partial charge in [-0.1, -0.05) is 29.3 Å². The van der Waals surface area contributed by atoms with Crippen molar-refractivity contribution in [3.8, 4) is 17.8 Å². The Labute approximate surface area is 224 Å². The number of pyridine rings is 2. The smallest absolute Gasteiger partial charge is 0.255 e. The van der Waals surface area contributed by atoms with Gasteiger partial charge in [-0.2, -0.15) is 5.26 Å². The van der Waals surface area contributed by atoms with Crippen molar-refractivity contribution in [3.05, 3.63) is 100 Å². The molecule has 0 N–H and O–H groups in total. The van der Waals surface area contributed by atoms with Crippen molar-refractivity contribution in [1.82, 2.24) is 24.4 Å². The van der Waals surface area contributed by atoms with Crippen molar-refractivity contribution in [2.45, 2.75) is 18.9 Å². The van der Waals surface area contributed by atoms with Crippen molar-refractivity contribution >= 4 is 29.1 Å². The Morgan fingerprint density at radius 2 is 1.97 bits per heavy atom. The SMILES string of the molecule is CC(Oc1ccc(C#N)cn1)C1CN(C(=O)c2ccc(-n3ccnc3)nc2)CC1c1ccc(Cl)c(Cl)c1. The summed E-state index contributed by atoms with van der Waals surface area (Å²) in [6.07, 6.45) is 7.90. The number of ether oxygens (including phenoxy) is 1. The number of amides is 1. The average Bonchev–Trinajstić information content (AvgIpc) is 3.61. The molecule has 1 aliphatic rings. The molecule has 1 amide bonds. The number of halogens is 2. The Hall–Kier alpha value is -3.93. The van der Waals surface area contributed by atoms with Crippen LogP contribution in [0.2, 0.25) is 10.0 Å². The van der Waals surface area contributed by atoms with Crippen molar-refractivity contribution in [1.29, 1.82) is 5.26 Å². The Morgan fingerprint density at radius 3 is 2.62 bits per heavy atom. The number of imidazole rings is 1. The summed E-state index contributed by atoms with van der Waals surface area (Å²) in [5.74, 6) is 0.908. The summed E-state index contributed by atoms with van der Waals surface area (Å²) in [7, 11) is 0. The van der Waals surface area contributed by atoms with E-state index in [1.165, 1.54) is 6.20 Å². The number of aromatic nitrogens is 4. The van der Waals surface area contributed by atoms with E-state index in [9.17, 15) is 4.79 Å². The maximum Gasteiger partial charge on any atom is 0.255 e. The van der Waals surface area contributed by atoms with Crippen LogP contribution in [0.1, 0.15) is 34.3 Å². The second-order valence-electron chi connectivity index (χ2n) is 8.85. The first-order valence-electron chi connectivity index (χ1n) is 11.6. The highest BCUT2D eigenvalue weighted by Crippen LogP contribution is 2.38. The van der Waals surface area contributed by atoms with E-state index in [0.29, 0.717) is 46.0 Å². The van der Waals surface area contributed by atoms with Gasteiger partial charge in [-0.25, -0.2) is 15.0 Å². The summed E-state index contributed by atoms with van der Waals surface area (Å²) in [4.78, 5) is 28.0. The second kappa shape index (κ2) is 10.6. The van der Waals surface area contributed by atoms with Crippen LogP contribution in [0, 0.1) is 17.2 Å². The number of nitriles is 1. The maximum absolute atomic E-state index is 13.5. The van der Waals surface area contributed by atoms with E-state index in [0.717, 1.165) is 5.56 Å². The molecule has 0 radical (unpaired) electrons. The number of hydrogen-bond donors (Lipinski definition) is 0. The molecule has 1 aliphatic heterocycles. The highest BCUT2D eigenvalue weighted by molar-refractivity contribution is 6.42. The van der Waals surface area contributed by atoms with Crippen molar-refractivity contribution in [2.24, 2.45) is 5.92 Å². The fourth-order valence-corrected chi connectivity index (χ4v) is 4.91. The molecule has 0 spiro atoms. The minimum absolute atomic E-state index is 0.0368. The van der Waals surface area contributed by atoms with Gasteiger partial charge in [-0.05, 0) is 42.8 Å². The quantitative estimate of drug-likeness (QED) is 0.340. The molecule has 0 aliphatic carbocycles. The molecule has 0 bridgehead atoms. The molecule has 5 rings (SSSR count). The van der Waals surface area contributed by atoms with Crippen molar-refractivity contribution in [2.75, 3.05) is 13.1 Å². The van der Waals surface area contributed by atoms with Gasteiger partial charge in [0, 0.05) is 55.8 Å². The molecule has 3 atom stereocenters. The zero-order valence-corrected chi connectivity index (χ0v) is 21.3. The number of carbonyl (C=O) groups is 1. The Kier molecular flexibility index (Phi) is 7.08. The Morgan fingerprint density at radius 1 is 1.11 bits per heavy atom. The molecule has 37 heavy (non-hydrogen) atoms. The largest absolute Gasteiger partial charge is 0.474 e. The molecule has 1 saturated heterocycles. The van der Waals surface area contributed by atoms with Gasteiger partial charge in [-0.15, -0.1) is 0 Å². The van der Waals surface area contributed by atoms with E-state index in [4.69, 9.17) is 33.2 Å². The highest BCUT2D eigenvalue weighted by atomic mass is 35.5. The van der Waals surface area contributed by atoms with E-state index in [2.05, 4.69) is 21.0 Å². The van der Waals surface area contributed by atoms with Gasteiger partial charge in [0.05, 0.1) is 21.2 Å². The first-order valence-corrected chi connectivity index (χ1v) is 12.4. The molecule has 10 heteroatoms. The summed E-state index contributed by atoms with van der Waals surface area (Å²) in [6.45, 7) is 2.92. The van der Waals surface area contributed by atoms with Crippen LogP contribution in [-0.2, 0) is 0 Å². The third-order valence-corrected chi connectivity index (χ3v) is 7.30. The van der Waals surface area contributed by atoms with Gasteiger partial charge in [0.1, 0.15) is 24.3 Å². The first kappa shape index (κ1) is 24.8. The van der Waals surface area contributed by atoms with E-state index in [1.54, 1.807) is 59.8 Å². The van der Waals surface area contributed by atoms with E-state index >= 15 is 0 Å². The average molecular weight is 533 g/mol. The Balaban J connectivity index is 1.39. The number of benzene rings is 1. The molecular weight excluding hydrogens is 511 g/mol. The topological polar surface area (TPSA) is 96.9 Å². The molecule has 4 heterocycles. The molecule has 0 saturated carbocycles. The van der Waals surface area contributed by atoms with Crippen LogP contribution in [0.15, 0.2) is 73.6 Å². The predicted octanol–water partition coefficient (Wildman–Crippen LogP) is 5.16. The lowest BCUT2D eigenvalue weighted by Crippen LogP contribution is -2.32. The molecule has 1 fully saturated rings. The third kappa shape index (κ3) is 5.29. The lowest BCUT2D eigenvalue weighted by Gasteiger charge is -2.25. The lowest BCUT2D eigenvalue weighted by molar-refractivity contribution is 0.0769. The van der Waals surface area contributed by atoms with Crippen LogP contribution in [-0.4, -0.2) is 49.5 Å². The van der Waals surface area contributed by atoms with Crippen LogP contribution in [0.3, 0.4) is 0 Å². The first-order chi connectivity index (χ1) is 17.9. The maximum atomic E-state index is 13.5. The van der Waals surface area contributed by atoms with Gasteiger partial charge >= 0.3 is 0 Å². The summed E-state index contributed by atoms with van der Waals surface area (Å²) in [5.41, 5.74) is 1.94. The monoisotopic (exact) mass is 532 g/mol.